The molecule has 0 radical (unpaired) electrons. The fourth-order valence-electron chi connectivity index (χ4n) is 6.26. The van der Waals surface area contributed by atoms with Gasteiger partial charge in [-0.15, -0.1) is 0 Å². The van der Waals surface area contributed by atoms with E-state index in [1.54, 1.807) is 0 Å². The fourth-order valence-corrected chi connectivity index (χ4v) is 6.92. The van der Waals surface area contributed by atoms with Crippen molar-refractivity contribution in [2.24, 2.45) is 17.8 Å². The molecule has 28 heavy (non-hydrogen) atoms. The van der Waals surface area contributed by atoms with Crippen LogP contribution in [0.1, 0.15) is 49.8 Å². The first-order valence-corrected chi connectivity index (χ1v) is 11.2. The monoisotopic (exact) mass is 398 g/mol. The first-order valence-electron chi connectivity index (χ1n) is 10.2. The first kappa shape index (κ1) is 18.2. The number of amides is 1. The Bertz CT molecular complexity index is 980. The summed E-state index contributed by atoms with van der Waals surface area (Å²) in [6.45, 7) is 3.78. The van der Waals surface area contributed by atoms with Crippen LogP contribution in [0.25, 0.3) is 11.0 Å². The quantitative estimate of drug-likeness (QED) is 0.610. The highest BCUT2D eigenvalue weighted by Crippen LogP contribution is 2.55. The number of carbonyl (C=O) groups is 1. The number of fused-ring (bicyclic) bond motifs is 1. The number of rotatable bonds is 4. The number of nitrogens with zero attached hydrogens (tertiary/aromatic N) is 2. The summed E-state index contributed by atoms with van der Waals surface area (Å²) >= 11 is 1.28. The van der Waals surface area contributed by atoms with E-state index in [0.717, 1.165) is 48.3 Å². The lowest BCUT2D eigenvalue weighted by atomic mass is 9.53. The van der Waals surface area contributed by atoms with E-state index in [1.165, 1.54) is 31.0 Å². The number of carbonyl (C=O) groups excluding carboxylic acids is 1. The summed E-state index contributed by atoms with van der Waals surface area (Å²) in [5.41, 5.74) is 1.97. The maximum atomic E-state index is 12.7. The van der Waals surface area contributed by atoms with Gasteiger partial charge in [-0.3, -0.25) is 9.59 Å². The summed E-state index contributed by atoms with van der Waals surface area (Å²) in [6, 6.07) is 1.88. The van der Waals surface area contributed by atoms with Crippen molar-refractivity contribution < 1.29 is 4.79 Å². The zero-order chi connectivity index (χ0) is 19.5. The van der Waals surface area contributed by atoms with Gasteiger partial charge in [0.05, 0.1) is 11.1 Å². The lowest BCUT2D eigenvalue weighted by Crippen LogP contribution is -2.60. The van der Waals surface area contributed by atoms with E-state index >= 15 is 0 Å². The van der Waals surface area contributed by atoms with Crippen molar-refractivity contribution in [3.8, 4) is 0 Å². The van der Waals surface area contributed by atoms with Gasteiger partial charge in [0, 0.05) is 11.2 Å². The Hall–Kier alpha value is -1.89. The molecule has 0 aromatic carbocycles. The molecular weight excluding hydrogens is 372 g/mol. The molecule has 0 saturated heterocycles. The Balaban J connectivity index is 1.29. The van der Waals surface area contributed by atoms with Crippen LogP contribution in [0, 0.1) is 31.6 Å². The van der Waals surface area contributed by atoms with Gasteiger partial charge in [0.2, 0.25) is 5.91 Å². The molecule has 4 bridgehead atoms. The Kier molecular flexibility index (Phi) is 4.27. The number of H-pyrrole nitrogens is 1. The van der Waals surface area contributed by atoms with E-state index in [2.05, 4.69) is 20.3 Å². The molecule has 2 aromatic rings. The summed E-state index contributed by atoms with van der Waals surface area (Å²) < 4.78 is 0. The number of thioether (sulfide) groups is 1. The van der Waals surface area contributed by atoms with E-state index < -0.39 is 0 Å². The van der Waals surface area contributed by atoms with Gasteiger partial charge < -0.3 is 10.3 Å². The maximum absolute atomic E-state index is 12.7. The number of hydrogen-bond acceptors (Lipinski definition) is 5. The van der Waals surface area contributed by atoms with E-state index in [4.69, 9.17) is 0 Å². The van der Waals surface area contributed by atoms with Crippen LogP contribution in [0.3, 0.4) is 0 Å². The highest BCUT2D eigenvalue weighted by Gasteiger charge is 2.51. The lowest BCUT2D eigenvalue weighted by molar-refractivity contribution is -0.124. The van der Waals surface area contributed by atoms with Crippen molar-refractivity contribution in [3.63, 3.8) is 0 Å². The molecule has 2 aromatic heterocycles. The average Bonchev–Trinajstić information content (AvgIpc) is 2.57. The first-order chi connectivity index (χ1) is 13.4. The molecule has 1 amide bonds. The molecule has 148 valence electrons. The molecule has 0 aliphatic heterocycles. The van der Waals surface area contributed by atoms with Crippen LogP contribution in [0.5, 0.6) is 0 Å². The summed E-state index contributed by atoms with van der Waals surface area (Å²) in [6.07, 6.45) is 7.50. The van der Waals surface area contributed by atoms with E-state index in [1.807, 2.05) is 19.9 Å². The van der Waals surface area contributed by atoms with Gasteiger partial charge in [-0.05, 0) is 81.8 Å². The van der Waals surface area contributed by atoms with Gasteiger partial charge in [0.25, 0.3) is 5.56 Å². The molecule has 4 aliphatic rings. The van der Waals surface area contributed by atoms with Crippen LogP contribution in [0.15, 0.2) is 16.0 Å². The SMILES string of the molecule is Cc1cc(C)c2c(=O)[nH]c(SCC(=O)NC34CC5CC(CC(C5)C3)C4)nc2n1. The molecule has 4 aliphatic carbocycles. The number of nitrogens with one attached hydrogen (secondary N) is 2. The number of hydrogen-bond donors (Lipinski definition) is 2. The van der Waals surface area contributed by atoms with E-state index in [9.17, 15) is 9.59 Å². The van der Waals surface area contributed by atoms with Gasteiger partial charge in [-0.2, -0.15) is 0 Å². The Morgan fingerprint density at radius 1 is 1.18 bits per heavy atom. The third-order valence-corrected chi connectivity index (χ3v) is 7.64. The highest BCUT2D eigenvalue weighted by atomic mass is 32.2. The lowest BCUT2D eigenvalue weighted by Gasteiger charge is -2.56. The zero-order valence-electron chi connectivity index (χ0n) is 16.4. The van der Waals surface area contributed by atoms with Crippen LogP contribution >= 0.6 is 11.8 Å². The average molecular weight is 399 g/mol. The molecule has 4 saturated carbocycles. The maximum Gasteiger partial charge on any atom is 0.261 e. The van der Waals surface area contributed by atoms with E-state index in [-0.39, 0.29) is 22.8 Å². The molecular formula is C21H26N4O2S. The molecule has 0 spiro atoms. The minimum absolute atomic E-state index is 0.0202. The summed E-state index contributed by atoms with van der Waals surface area (Å²) in [7, 11) is 0. The smallest absolute Gasteiger partial charge is 0.261 e. The Morgan fingerprint density at radius 2 is 1.82 bits per heavy atom. The Labute approximate surface area is 168 Å². The third kappa shape index (κ3) is 3.23. The van der Waals surface area contributed by atoms with Crippen LogP contribution < -0.4 is 10.9 Å². The summed E-state index contributed by atoms with van der Waals surface area (Å²) in [5.74, 6) is 2.71. The highest BCUT2D eigenvalue weighted by molar-refractivity contribution is 7.99. The normalized spacial score (nSPS) is 30.7. The molecule has 2 N–H and O–H groups in total. The molecule has 6 rings (SSSR count). The van der Waals surface area contributed by atoms with Crippen molar-refractivity contribution in [1.82, 2.24) is 20.3 Å². The van der Waals surface area contributed by atoms with Gasteiger partial charge in [-0.25, -0.2) is 9.97 Å². The van der Waals surface area contributed by atoms with Gasteiger partial charge >= 0.3 is 0 Å². The molecule has 0 unspecified atom stereocenters. The molecule has 7 heteroatoms. The summed E-state index contributed by atoms with van der Waals surface area (Å²) in [5, 5.41) is 4.35. The van der Waals surface area contributed by atoms with E-state index in [0.29, 0.717) is 16.2 Å². The van der Waals surface area contributed by atoms with Crippen molar-refractivity contribution in [3.05, 3.63) is 27.7 Å². The number of pyridine rings is 1. The topological polar surface area (TPSA) is 87.7 Å². The number of aromatic nitrogens is 3. The number of aryl methyl sites for hydroxylation is 2. The van der Waals surface area contributed by atoms with Crippen LogP contribution in [0.4, 0.5) is 0 Å². The Morgan fingerprint density at radius 3 is 2.46 bits per heavy atom. The summed E-state index contributed by atoms with van der Waals surface area (Å²) in [4.78, 5) is 36.8. The van der Waals surface area contributed by atoms with Gasteiger partial charge in [0.1, 0.15) is 0 Å². The van der Waals surface area contributed by atoms with Crippen molar-refractivity contribution >= 4 is 28.7 Å². The minimum Gasteiger partial charge on any atom is -0.350 e. The number of aromatic amines is 1. The fraction of sp³-hybridized carbons (Fsp3) is 0.619. The van der Waals surface area contributed by atoms with Gasteiger partial charge in [0.15, 0.2) is 10.8 Å². The molecule has 0 atom stereocenters. The van der Waals surface area contributed by atoms with Gasteiger partial charge in [-0.1, -0.05) is 11.8 Å². The zero-order valence-corrected chi connectivity index (χ0v) is 17.2. The predicted molar refractivity (Wildman–Crippen MR) is 109 cm³/mol. The minimum atomic E-state index is -0.195. The molecule has 4 fully saturated rings. The largest absolute Gasteiger partial charge is 0.350 e. The van der Waals surface area contributed by atoms with Crippen LogP contribution in [0.2, 0.25) is 0 Å². The van der Waals surface area contributed by atoms with Crippen molar-refractivity contribution in [2.75, 3.05) is 5.75 Å². The second kappa shape index (κ2) is 6.58. The second-order valence-corrected chi connectivity index (χ2v) is 10.1. The van der Waals surface area contributed by atoms with Crippen LogP contribution in [-0.2, 0) is 4.79 Å². The van der Waals surface area contributed by atoms with Crippen LogP contribution in [-0.4, -0.2) is 32.2 Å². The van der Waals surface area contributed by atoms with Crippen molar-refractivity contribution in [1.29, 1.82) is 0 Å². The third-order valence-electron chi connectivity index (χ3n) is 6.76. The molecule has 6 nitrogen and oxygen atoms in total. The van der Waals surface area contributed by atoms with Crippen molar-refractivity contribution in [2.45, 2.75) is 63.1 Å². The predicted octanol–water partition coefficient (Wildman–Crippen LogP) is 3.11. The standard InChI is InChI=1S/C21H26N4O2S/c1-11-3-12(2)22-18-17(11)19(27)24-20(23-18)28-10-16(26)25-21-7-13-4-14(8-21)6-15(5-13)9-21/h3,13-15H,4-10H2,1-2H3,(H,25,26)(H,22,23,24,27). The molecule has 2 heterocycles. The second-order valence-electron chi connectivity index (χ2n) is 9.18.